The molecule has 3 rings (SSSR count). The molecule has 3 nitrogen and oxygen atoms in total. The van der Waals surface area contributed by atoms with Crippen LogP contribution < -0.4 is 16.4 Å². The van der Waals surface area contributed by atoms with E-state index in [9.17, 15) is 0 Å². The summed E-state index contributed by atoms with van der Waals surface area (Å²) in [6, 6.07) is 23.9. The van der Waals surface area contributed by atoms with Crippen LogP contribution >= 0.6 is 15.9 Å². The predicted molar refractivity (Wildman–Crippen MR) is 98.0 cm³/mol. The Kier molecular flexibility index (Phi) is 4.30. The fraction of sp³-hybridized carbons (Fsp3) is 0. The molecule has 0 fully saturated rings. The number of nitrogen functional groups attached to an aromatic ring is 1. The third kappa shape index (κ3) is 3.40. The number of nitrogens with two attached hydrogens (primary N) is 1. The zero-order valence-corrected chi connectivity index (χ0v) is 13.5. The molecule has 0 saturated heterocycles. The Morgan fingerprint density at radius 1 is 0.682 bits per heavy atom. The number of rotatable bonds is 4. The smallest absolute Gasteiger partial charge is 0.0624 e. The molecule has 0 saturated carbocycles. The van der Waals surface area contributed by atoms with Crippen molar-refractivity contribution in [2.45, 2.75) is 0 Å². The van der Waals surface area contributed by atoms with E-state index in [4.69, 9.17) is 5.73 Å². The van der Waals surface area contributed by atoms with Crippen LogP contribution in [0.2, 0.25) is 0 Å². The number of anilines is 5. The molecule has 0 bridgehead atoms. The van der Waals surface area contributed by atoms with Crippen LogP contribution in [0.3, 0.4) is 0 Å². The molecule has 0 radical (unpaired) electrons. The molecule has 3 aromatic rings. The summed E-state index contributed by atoms with van der Waals surface area (Å²) in [5.41, 5.74) is 10.6. The molecule has 0 atom stereocenters. The Balaban J connectivity index is 1.88. The molecule has 0 aromatic heterocycles. The molecule has 0 amide bonds. The van der Waals surface area contributed by atoms with Crippen molar-refractivity contribution in [2.24, 2.45) is 0 Å². The maximum absolute atomic E-state index is 6.06. The lowest BCUT2D eigenvalue weighted by molar-refractivity contribution is 1.50. The van der Waals surface area contributed by atoms with Gasteiger partial charge in [-0.15, -0.1) is 0 Å². The number of halogens is 1. The largest absolute Gasteiger partial charge is 0.397 e. The van der Waals surface area contributed by atoms with Crippen LogP contribution in [0.25, 0.3) is 0 Å². The van der Waals surface area contributed by atoms with Gasteiger partial charge in [0.05, 0.1) is 22.7 Å². The molecule has 0 aliphatic heterocycles. The van der Waals surface area contributed by atoms with E-state index < -0.39 is 0 Å². The zero-order valence-electron chi connectivity index (χ0n) is 11.9. The first-order valence-electron chi connectivity index (χ1n) is 6.95. The van der Waals surface area contributed by atoms with Crippen LogP contribution in [0.5, 0.6) is 0 Å². The lowest BCUT2D eigenvalue weighted by atomic mass is 10.2. The first-order valence-corrected chi connectivity index (χ1v) is 7.75. The average Bonchev–Trinajstić information content (AvgIpc) is 2.53. The lowest BCUT2D eigenvalue weighted by Crippen LogP contribution is -1.99. The molecule has 110 valence electrons. The van der Waals surface area contributed by atoms with Gasteiger partial charge in [0, 0.05) is 10.2 Å². The van der Waals surface area contributed by atoms with E-state index in [2.05, 4.69) is 26.6 Å². The SMILES string of the molecule is Nc1cc(Br)ccc1Nc1ccccc1Nc1ccccc1. The number of hydrogen-bond acceptors (Lipinski definition) is 3. The lowest BCUT2D eigenvalue weighted by Gasteiger charge is -2.15. The van der Waals surface area contributed by atoms with Crippen LogP contribution in [0.4, 0.5) is 28.4 Å². The Bertz CT molecular complexity index is 772. The minimum Gasteiger partial charge on any atom is -0.397 e. The zero-order chi connectivity index (χ0) is 15.4. The van der Waals surface area contributed by atoms with E-state index in [0.29, 0.717) is 5.69 Å². The second-order valence-electron chi connectivity index (χ2n) is 4.89. The first-order chi connectivity index (χ1) is 10.7. The van der Waals surface area contributed by atoms with Gasteiger partial charge in [-0.2, -0.15) is 0 Å². The van der Waals surface area contributed by atoms with Crippen molar-refractivity contribution in [1.29, 1.82) is 0 Å². The van der Waals surface area contributed by atoms with E-state index in [-0.39, 0.29) is 0 Å². The highest BCUT2D eigenvalue weighted by Gasteiger charge is 2.05. The molecule has 3 aromatic carbocycles. The second-order valence-corrected chi connectivity index (χ2v) is 5.81. The maximum Gasteiger partial charge on any atom is 0.0624 e. The van der Waals surface area contributed by atoms with Crippen molar-refractivity contribution in [3.63, 3.8) is 0 Å². The van der Waals surface area contributed by atoms with Gasteiger partial charge in [-0.3, -0.25) is 0 Å². The van der Waals surface area contributed by atoms with Crippen molar-refractivity contribution in [3.8, 4) is 0 Å². The van der Waals surface area contributed by atoms with E-state index in [1.54, 1.807) is 0 Å². The van der Waals surface area contributed by atoms with Crippen LogP contribution in [-0.2, 0) is 0 Å². The fourth-order valence-corrected chi connectivity index (χ4v) is 2.55. The van der Waals surface area contributed by atoms with Crippen molar-refractivity contribution in [2.75, 3.05) is 16.4 Å². The maximum atomic E-state index is 6.06. The molecular weight excluding hydrogens is 338 g/mol. The Morgan fingerprint density at radius 2 is 1.32 bits per heavy atom. The monoisotopic (exact) mass is 353 g/mol. The molecule has 0 aliphatic rings. The quantitative estimate of drug-likeness (QED) is 0.541. The van der Waals surface area contributed by atoms with E-state index in [1.165, 1.54) is 0 Å². The van der Waals surface area contributed by atoms with Gasteiger partial charge >= 0.3 is 0 Å². The summed E-state index contributed by atoms with van der Waals surface area (Å²) in [7, 11) is 0. The summed E-state index contributed by atoms with van der Waals surface area (Å²) in [5, 5.41) is 6.79. The Morgan fingerprint density at radius 3 is 2.00 bits per heavy atom. The molecule has 0 spiro atoms. The van der Waals surface area contributed by atoms with Gasteiger partial charge in [-0.1, -0.05) is 46.3 Å². The van der Waals surface area contributed by atoms with Crippen molar-refractivity contribution < 1.29 is 0 Å². The number of hydrogen-bond donors (Lipinski definition) is 3. The van der Waals surface area contributed by atoms with Crippen LogP contribution in [0.15, 0.2) is 77.3 Å². The number of benzene rings is 3. The summed E-state index contributed by atoms with van der Waals surface area (Å²) < 4.78 is 0.964. The van der Waals surface area contributed by atoms with Gasteiger partial charge in [0.15, 0.2) is 0 Å². The van der Waals surface area contributed by atoms with Crippen LogP contribution in [0.1, 0.15) is 0 Å². The second kappa shape index (κ2) is 6.54. The topological polar surface area (TPSA) is 50.1 Å². The Hall–Kier alpha value is -2.46. The normalized spacial score (nSPS) is 10.2. The molecular formula is C18H16BrN3. The third-order valence-corrected chi connectivity index (χ3v) is 3.76. The standard InChI is InChI=1S/C18H16BrN3/c19-13-10-11-16(15(20)12-13)22-18-9-5-4-8-17(18)21-14-6-2-1-3-7-14/h1-12,21-22H,20H2. The van der Waals surface area contributed by atoms with E-state index in [0.717, 1.165) is 27.2 Å². The van der Waals surface area contributed by atoms with Gasteiger partial charge in [0.2, 0.25) is 0 Å². The van der Waals surface area contributed by atoms with Gasteiger partial charge in [0.1, 0.15) is 0 Å². The molecule has 22 heavy (non-hydrogen) atoms. The minimum absolute atomic E-state index is 0.698. The summed E-state index contributed by atoms with van der Waals surface area (Å²) in [6.07, 6.45) is 0. The molecule has 0 unspecified atom stereocenters. The van der Waals surface area contributed by atoms with Gasteiger partial charge in [-0.25, -0.2) is 0 Å². The highest BCUT2D eigenvalue weighted by molar-refractivity contribution is 9.10. The van der Waals surface area contributed by atoms with Crippen molar-refractivity contribution >= 4 is 44.4 Å². The van der Waals surface area contributed by atoms with Crippen molar-refractivity contribution in [1.82, 2.24) is 0 Å². The predicted octanol–water partition coefficient (Wildman–Crippen LogP) is 5.52. The number of para-hydroxylation sites is 3. The number of nitrogens with one attached hydrogen (secondary N) is 2. The molecule has 4 heteroatoms. The highest BCUT2D eigenvalue weighted by Crippen LogP contribution is 2.31. The van der Waals surface area contributed by atoms with Crippen LogP contribution in [0, 0.1) is 0 Å². The molecule has 0 aliphatic carbocycles. The van der Waals surface area contributed by atoms with E-state index >= 15 is 0 Å². The van der Waals surface area contributed by atoms with Gasteiger partial charge in [0.25, 0.3) is 0 Å². The summed E-state index contributed by atoms with van der Waals surface area (Å²) in [4.78, 5) is 0. The molecule has 4 N–H and O–H groups in total. The molecule has 0 heterocycles. The third-order valence-electron chi connectivity index (χ3n) is 3.26. The van der Waals surface area contributed by atoms with Crippen LogP contribution in [-0.4, -0.2) is 0 Å². The summed E-state index contributed by atoms with van der Waals surface area (Å²) in [5.74, 6) is 0. The summed E-state index contributed by atoms with van der Waals surface area (Å²) >= 11 is 3.42. The van der Waals surface area contributed by atoms with E-state index in [1.807, 2.05) is 72.8 Å². The first kappa shape index (κ1) is 14.5. The van der Waals surface area contributed by atoms with Gasteiger partial charge < -0.3 is 16.4 Å². The highest BCUT2D eigenvalue weighted by atomic mass is 79.9. The average molecular weight is 354 g/mol. The fourth-order valence-electron chi connectivity index (χ4n) is 2.17. The van der Waals surface area contributed by atoms with Crippen molar-refractivity contribution in [3.05, 3.63) is 77.3 Å². The summed E-state index contributed by atoms with van der Waals surface area (Å²) in [6.45, 7) is 0. The minimum atomic E-state index is 0.698. The Labute approximate surface area is 138 Å². The van der Waals surface area contributed by atoms with Gasteiger partial charge in [-0.05, 0) is 42.5 Å².